The fraction of sp³-hybridized carbons (Fsp3) is 0.579. The second kappa shape index (κ2) is 6.56. The molecule has 5 nitrogen and oxygen atoms in total. The Balaban J connectivity index is 1.67. The average molecular weight is 357 g/mol. The normalized spacial score (nSPS) is 19.6. The number of fused-ring (bicyclic) bond motifs is 1. The minimum absolute atomic E-state index is 0.361. The molecule has 0 atom stereocenters. The summed E-state index contributed by atoms with van der Waals surface area (Å²) in [7, 11) is 0. The Hall–Kier alpha value is -1.68. The maximum absolute atomic E-state index is 9.37. The van der Waals surface area contributed by atoms with Crippen LogP contribution in [-0.4, -0.2) is 37.1 Å². The molecule has 2 aliphatic rings. The first-order chi connectivity index (χ1) is 12.2. The number of thiophene rings is 1. The summed E-state index contributed by atoms with van der Waals surface area (Å²) in [5, 5.41) is 10.6. The molecule has 132 valence electrons. The lowest BCUT2D eigenvalue weighted by Crippen LogP contribution is -2.45. The molecule has 0 amide bonds. The van der Waals surface area contributed by atoms with Crippen LogP contribution in [-0.2, 0) is 15.9 Å². The van der Waals surface area contributed by atoms with Crippen LogP contribution in [0, 0.1) is 18.3 Å². The van der Waals surface area contributed by atoms with Gasteiger partial charge in [0.05, 0.1) is 13.2 Å². The highest BCUT2D eigenvalue weighted by Crippen LogP contribution is 2.37. The molecule has 0 unspecified atom stereocenters. The van der Waals surface area contributed by atoms with Gasteiger partial charge in [0.15, 0.2) is 5.79 Å². The second-order valence-electron chi connectivity index (χ2n) is 6.83. The van der Waals surface area contributed by atoms with Crippen molar-refractivity contribution in [1.82, 2.24) is 4.98 Å². The number of nitrogens with zero attached hydrogens (tertiary/aromatic N) is 3. The Kier molecular flexibility index (Phi) is 4.40. The van der Waals surface area contributed by atoms with Crippen molar-refractivity contribution >= 4 is 27.4 Å². The smallest absolute Gasteiger partial charge is 0.171 e. The Labute approximate surface area is 152 Å². The molecule has 0 bridgehead atoms. The van der Waals surface area contributed by atoms with E-state index in [0.29, 0.717) is 13.2 Å². The number of aryl methyl sites for hydroxylation is 2. The average Bonchev–Trinajstić information content (AvgIpc) is 3.20. The summed E-state index contributed by atoms with van der Waals surface area (Å²) in [5.74, 6) is 0.662. The summed E-state index contributed by atoms with van der Waals surface area (Å²) >= 11 is 1.51. The van der Waals surface area contributed by atoms with Gasteiger partial charge in [-0.15, -0.1) is 11.3 Å². The number of pyridine rings is 1. The standard InChI is InChI=1S/C19H23N3O2S/c1-3-4-14-11-16(21-18-17(14)13(2)15(12-20)25-18)22-7-5-19(6-8-22)23-9-10-24-19/h11H,3-10H2,1-2H3. The maximum atomic E-state index is 9.37. The van der Waals surface area contributed by atoms with E-state index in [0.717, 1.165) is 59.9 Å². The van der Waals surface area contributed by atoms with Crippen LogP contribution in [0.15, 0.2) is 6.07 Å². The highest BCUT2D eigenvalue weighted by Gasteiger charge is 2.40. The second-order valence-corrected chi connectivity index (χ2v) is 7.83. The zero-order valence-electron chi connectivity index (χ0n) is 14.8. The SMILES string of the molecule is CCCc1cc(N2CCC3(CC2)OCCO3)nc2sc(C#N)c(C)c12. The number of aromatic nitrogens is 1. The lowest BCUT2D eigenvalue weighted by Gasteiger charge is -2.38. The fourth-order valence-electron chi connectivity index (χ4n) is 3.92. The van der Waals surface area contributed by atoms with E-state index in [4.69, 9.17) is 14.5 Å². The third-order valence-electron chi connectivity index (χ3n) is 5.25. The number of ether oxygens (including phenoxy) is 2. The van der Waals surface area contributed by atoms with Crippen molar-refractivity contribution in [3.63, 3.8) is 0 Å². The van der Waals surface area contributed by atoms with E-state index in [2.05, 4.69) is 24.0 Å². The quantitative estimate of drug-likeness (QED) is 0.837. The van der Waals surface area contributed by atoms with E-state index in [1.807, 2.05) is 6.92 Å². The Bertz CT molecular complexity index is 823. The Morgan fingerprint density at radius 1 is 1.32 bits per heavy atom. The number of rotatable bonds is 3. The van der Waals surface area contributed by atoms with E-state index >= 15 is 0 Å². The molecular formula is C19H23N3O2S. The van der Waals surface area contributed by atoms with Gasteiger partial charge in [0.25, 0.3) is 0 Å². The first-order valence-electron chi connectivity index (χ1n) is 9.02. The molecule has 0 aliphatic carbocycles. The van der Waals surface area contributed by atoms with Gasteiger partial charge < -0.3 is 14.4 Å². The zero-order chi connectivity index (χ0) is 17.4. The molecule has 0 aromatic carbocycles. The number of piperidine rings is 1. The molecule has 0 N–H and O–H groups in total. The van der Waals surface area contributed by atoms with Crippen molar-refractivity contribution < 1.29 is 9.47 Å². The largest absolute Gasteiger partial charge is 0.356 e. The van der Waals surface area contributed by atoms with Crippen LogP contribution in [0.2, 0.25) is 0 Å². The van der Waals surface area contributed by atoms with Gasteiger partial charge in [0, 0.05) is 31.3 Å². The lowest BCUT2D eigenvalue weighted by atomic mass is 10.0. The number of anilines is 1. The van der Waals surface area contributed by atoms with Crippen molar-refractivity contribution in [1.29, 1.82) is 5.26 Å². The Morgan fingerprint density at radius 2 is 2.04 bits per heavy atom. The summed E-state index contributed by atoms with van der Waals surface area (Å²) in [6, 6.07) is 4.54. The van der Waals surface area contributed by atoms with Gasteiger partial charge in [-0.3, -0.25) is 0 Å². The fourth-order valence-corrected chi connectivity index (χ4v) is 4.94. The van der Waals surface area contributed by atoms with E-state index < -0.39 is 0 Å². The summed E-state index contributed by atoms with van der Waals surface area (Å²) < 4.78 is 11.7. The van der Waals surface area contributed by atoms with Crippen LogP contribution in [0.25, 0.3) is 10.2 Å². The van der Waals surface area contributed by atoms with Gasteiger partial charge in [-0.05, 0) is 30.5 Å². The van der Waals surface area contributed by atoms with E-state index in [-0.39, 0.29) is 5.79 Å². The van der Waals surface area contributed by atoms with Crippen molar-refractivity contribution in [3.05, 3.63) is 22.1 Å². The lowest BCUT2D eigenvalue weighted by molar-refractivity contribution is -0.169. The molecule has 0 saturated carbocycles. The van der Waals surface area contributed by atoms with Crippen LogP contribution in [0.5, 0.6) is 0 Å². The molecule has 1 spiro atoms. The monoisotopic (exact) mass is 357 g/mol. The Morgan fingerprint density at radius 3 is 2.68 bits per heavy atom. The topological polar surface area (TPSA) is 58.4 Å². The van der Waals surface area contributed by atoms with Gasteiger partial charge in [-0.2, -0.15) is 5.26 Å². The van der Waals surface area contributed by atoms with Crippen LogP contribution in [0.3, 0.4) is 0 Å². The molecule has 2 fully saturated rings. The highest BCUT2D eigenvalue weighted by atomic mass is 32.1. The number of nitriles is 1. The summed E-state index contributed by atoms with van der Waals surface area (Å²) in [6.07, 6.45) is 3.85. The van der Waals surface area contributed by atoms with Crippen molar-refractivity contribution in [2.75, 3.05) is 31.2 Å². The van der Waals surface area contributed by atoms with Crippen LogP contribution >= 0.6 is 11.3 Å². The third-order valence-corrected chi connectivity index (χ3v) is 6.34. The van der Waals surface area contributed by atoms with E-state index in [1.54, 1.807) is 0 Å². The third kappa shape index (κ3) is 2.91. The molecule has 2 aromatic rings. The maximum Gasteiger partial charge on any atom is 0.171 e. The van der Waals surface area contributed by atoms with Crippen molar-refractivity contribution in [3.8, 4) is 6.07 Å². The molecular weight excluding hydrogens is 334 g/mol. The van der Waals surface area contributed by atoms with Gasteiger partial charge in [0.2, 0.25) is 0 Å². The summed E-state index contributed by atoms with van der Waals surface area (Å²) in [6.45, 7) is 7.42. The minimum atomic E-state index is -0.361. The van der Waals surface area contributed by atoms with Crippen molar-refractivity contribution in [2.45, 2.75) is 45.3 Å². The molecule has 4 rings (SSSR count). The predicted octanol–water partition coefficient (Wildman–Crippen LogP) is 3.77. The molecule has 4 heterocycles. The van der Waals surface area contributed by atoms with E-state index in [9.17, 15) is 5.26 Å². The highest BCUT2D eigenvalue weighted by molar-refractivity contribution is 7.19. The van der Waals surface area contributed by atoms with Gasteiger partial charge in [-0.1, -0.05) is 13.3 Å². The van der Waals surface area contributed by atoms with Crippen LogP contribution in [0.4, 0.5) is 5.82 Å². The minimum Gasteiger partial charge on any atom is -0.356 e. The molecule has 6 heteroatoms. The molecule has 2 aromatic heterocycles. The first-order valence-corrected chi connectivity index (χ1v) is 9.83. The van der Waals surface area contributed by atoms with Gasteiger partial charge in [0.1, 0.15) is 21.6 Å². The predicted molar refractivity (Wildman–Crippen MR) is 99.1 cm³/mol. The molecule has 25 heavy (non-hydrogen) atoms. The van der Waals surface area contributed by atoms with Crippen molar-refractivity contribution in [2.24, 2.45) is 0 Å². The molecule has 0 radical (unpaired) electrons. The van der Waals surface area contributed by atoms with Crippen LogP contribution < -0.4 is 4.90 Å². The number of hydrogen-bond acceptors (Lipinski definition) is 6. The summed E-state index contributed by atoms with van der Waals surface area (Å²) in [4.78, 5) is 9.00. The van der Waals surface area contributed by atoms with Crippen LogP contribution in [0.1, 0.15) is 42.2 Å². The van der Waals surface area contributed by atoms with Gasteiger partial charge >= 0.3 is 0 Å². The summed E-state index contributed by atoms with van der Waals surface area (Å²) in [5.41, 5.74) is 2.39. The zero-order valence-corrected chi connectivity index (χ0v) is 15.6. The van der Waals surface area contributed by atoms with Gasteiger partial charge in [-0.25, -0.2) is 4.98 Å². The first kappa shape index (κ1) is 16.8. The van der Waals surface area contributed by atoms with E-state index in [1.165, 1.54) is 22.3 Å². The number of hydrogen-bond donors (Lipinski definition) is 0. The molecule has 2 saturated heterocycles. The molecule has 2 aliphatic heterocycles.